The maximum atomic E-state index is 12.5. The van der Waals surface area contributed by atoms with Crippen molar-refractivity contribution in [3.05, 3.63) is 46.5 Å². The van der Waals surface area contributed by atoms with Gasteiger partial charge in [0.2, 0.25) is 0 Å². The second kappa shape index (κ2) is 6.37. The Balaban J connectivity index is 2.13. The Morgan fingerprint density at radius 3 is 2.92 bits per heavy atom. The number of carbonyl (C=O) groups excluding carboxylic acids is 1. The van der Waals surface area contributed by atoms with Gasteiger partial charge in [-0.2, -0.15) is 0 Å². The molecule has 3 aromatic heterocycles. The van der Waals surface area contributed by atoms with Crippen LogP contribution in [-0.4, -0.2) is 52.5 Å². The Labute approximate surface area is 138 Å². The number of rotatable bonds is 4. The Morgan fingerprint density at radius 2 is 2.17 bits per heavy atom. The van der Waals surface area contributed by atoms with Crippen LogP contribution in [0.25, 0.3) is 21.9 Å². The average Bonchev–Trinajstić information content (AvgIpc) is 2.56. The molecule has 0 saturated carbocycles. The van der Waals surface area contributed by atoms with Crippen molar-refractivity contribution >= 4 is 27.8 Å². The molecule has 0 radical (unpaired) electrons. The van der Waals surface area contributed by atoms with Gasteiger partial charge in [0.15, 0.2) is 5.65 Å². The van der Waals surface area contributed by atoms with E-state index in [0.717, 1.165) is 11.9 Å². The Kier molecular flexibility index (Phi) is 4.26. The van der Waals surface area contributed by atoms with Crippen LogP contribution in [0.3, 0.4) is 0 Å². The third kappa shape index (κ3) is 2.98. The summed E-state index contributed by atoms with van der Waals surface area (Å²) in [4.78, 5) is 35.6. The molecule has 0 bridgehead atoms. The van der Waals surface area contributed by atoms with Gasteiger partial charge in [-0.25, -0.2) is 9.97 Å². The smallest absolute Gasteiger partial charge is 0.259 e. The molecule has 24 heavy (non-hydrogen) atoms. The zero-order chi connectivity index (χ0) is 17.3. The van der Waals surface area contributed by atoms with Crippen LogP contribution in [-0.2, 0) is 7.05 Å². The van der Waals surface area contributed by atoms with Gasteiger partial charge in [-0.15, -0.1) is 0 Å². The maximum absolute atomic E-state index is 12.5. The van der Waals surface area contributed by atoms with E-state index in [9.17, 15) is 9.59 Å². The first-order valence-corrected chi connectivity index (χ1v) is 7.65. The summed E-state index contributed by atoms with van der Waals surface area (Å²) in [5, 5.41) is 4.05. The van der Waals surface area contributed by atoms with Crippen LogP contribution in [0, 0.1) is 0 Å². The summed E-state index contributed by atoms with van der Waals surface area (Å²) in [6, 6.07) is 5.37. The number of nitrogens with zero attached hydrogens (tertiary/aromatic N) is 4. The van der Waals surface area contributed by atoms with Crippen molar-refractivity contribution in [3.63, 3.8) is 0 Å². The molecular formula is C17H19N5O2. The number of amides is 1. The number of carbonyl (C=O) groups is 1. The number of pyridine rings is 3. The molecule has 0 atom stereocenters. The van der Waals surface area contributed by atoms with Gasteiger partial charge in [0.05, 0.1) is 16.5 Å². The Hall–Kier alpha value is -2.80. The lowest BCUT2D eigenvalue weighted by Gasteiger charge is -2.12. The van der Waals surface area contributed by atoms with E-state index in [1.54, 1.807) is 25.4 Å². The molecule has 0 aliphatic carbocycles. The van der Waals surface area contributed by atoms with Gasteiger partial charge >= 0.3 is 0 Å². The van der Waals surface area contributed by atoms with E-state index in [1.165, 1.54) is 10.8 Å². The summed E-state index contributed by atoms with van der Waals surface area (Å²) in [5.41, 5.74) is 1.08. The molecule has 0 aromatic carbocycles. The van der Waals surface area contributed by atoms with Gasteiger partial charge in [-0.1, -0.05) is 0 Å². The fourth-order valence-corrected chi connectivity index (χ4v) is 2.53. The summed E-state index contributed by atoms with van der Waals surface area (Å²) in [5.74, 6) is -0.250. The zero-order valence-electron chi connectivity index (χ0n) is 13.9. The van der Waals surface area contributed by atoms with Crippen LogP contribution in [0.2, 0.25) is 0 Å². The number of fused-ring (bicyclic) bond motifs is 2. The standard InChI is InChI=1S/C17H19N5O2/c1-21(2)8-7-19-16(23)13-10-22(3)17(24)12-9-11-5-4-6-18-15(11)20-14(12)13/h4-6,9-10H,7-8H2,1-3H3,(H,19,23). The van der Waals surface area contributed by atoms with Crippen LogP contribution in [0.5, 0.6) is 0 Å². The quantitative estimate of drug-likeness (QED) is 0.717. The second-order valence-electron chi connectivity index (χ2n) is 5.95. The van der Waals surface area contributed by atoms with E-state index in [-0.39, 0.29) is 11.5 Å². The van der Waals surface area contributed by atoms with Gasteiger partial charge < -0.3 is 14.8 Å². The minimum absolute atomic E-state index is 0.187. The third-order valence-electron chi connectivity index (χ3n) is 3.81. The molecule has 0 aliphatic heterocycles. The fraction of sp³-hybridized carbons (Fsp3) is 0.294. The van der Waals surface area contributed by atoms with E-state index in [2.05, 4.69) is 15.3 Å². The highest BCUT2D eigenvalue weighted by atomic mass is 16.2. The van der Waals surface area contributed by atoms with Crippen molar-refractivity contribution in [1.82, 2.24) is 24.8 Å². The lowest BCUT2D eigenvalue weighted by Crippen LogP contribution is -2.32. The van der Waals surface area contributed by atoms with E-state index < -0.39 is 0 Å². The number of hydrogen-bond acceptors (Lipinski definition) is 5. The van der Waals surface area contributed by atoms with Crippen molar-refractivity contribution in [2.24, 2.45) is 7.05 Å². The van der Waals surface area contributed by atoms with Gasteiger partial charge in [-0.3, -0.25) is 9.59 Å². The zero-order valence-corrected chi connectivity index (χ0v) is 13.9. The lowest BCUT2D eigenvalue weighted by atomic mass is 10.1. The van der Waals surface area contributed by atoms with Crippen LogP contribution in [0.4, 0.5) is 0 Å². The minimum Gasteiger partial charge on any atom is -0.351 e. The molecule has 0 unspecified atom stereocenters. The number of hydrogen-bond donors (Lipinski definition) is 1. The fourth-order valence-electron chi connectivity index (χ4n) is 2.53. The SMILES string of the molecule is CN(C)CCNC(=O)c1cn(C)c(=O)c2cc3cccnc3nc12. The van der Waals surface area contributed by atoms with Crippen molar-refractivity contribution < 1.29 is 4.79 Å². The molecule has 0 aliphatic rings. The van der Waals surface area contributed by atoms with E-state index in [0.29, 0.717) is 28.7 Å². The van der Waals surface area contributed by atoms with Crippen molar-refractivity contribution in [3.8, 4) is 0 Å². The average molecular weight is 325 g/mol. The monoisotopic (exact) mass is 325 g/mol. The minimum atomic E-state index is -0.250. The van der Waals surface area contributed by atoms with Gasteiger partial charge in [0.1, 0.15) is 0 Å². The first-order valence-electron chi connectivity index (χ1n) is 7.65. The normalized spacial score (nSPS) is 11.3. The molecule has 0 saturated heterocycles. The molecule has 0 spiro atoms. The predicted octanol–water partition coefficient (Wildman–Crippen LogP) is 0.773. The number of nitrogens with one attached hydrogen (secondary N) is 1. The topological polar surface area (TPSA) is 80.1 Å². The summed E-state index contributed by atoms with van der Waals surface area (Å²) >= 11 is 0. The molecule has 1 amide bonds. The molecule has 0 fully saturated rings. The molecule has 3 aromatic rings. The molecule has 1 N–H and O–H groups in total. The van der Waals surface area contributed by atoms with Gasteiger partial charge in [-0.05, 0) is 32.3 Å². The Morgan fingerprint density at radius 1 is 1.38 bits per heavy atom. The van der Waals surface area contributed by atoms with Gasteiger partial charge in [0, 0.05) is 37.9 Å². The molecule has 3 rings (SSSR count). The largest absolute Gasteiger partial charge is 0.351 e. The van der Waals surface area contributed by atoms with E-state index in [1.807, 2.05) is 25.1 Å². The van der Waals surface area contributed by atoms with E-state index >= 15 is 0 Å². The van der Waals surface area contributed by atoms with Crippen LogP contribution in [0.1, 0.15) is 10.4 Å². The summed E-state index contributed by atoms with van der Waals surface area (Å²) in [6.07, 6.45) is 3.16. The van der Waals surface area contributed by atoms with E-state index in [4.69, 9.17) is 0 Å². The van der Waals surface area contributed by atoms with Crippen LogP contribution >= 0.6 is 0 Å². The van der Waals surface area contributed by atoms with Crippen molar-refractivity contribution in [1.29, 1.82) is 0 Å². The first-order chi connectivity index (χ1) is 11.5. The molecule has 3 heterocycles. The maximum Gasteiger partial charge on any atom is 0.259 e. The van der Waals surface area contributed by atoms with Crippen LogP contribution in [0.15, 0.2) is 35.4 Å². The molecule has 7 heteroatoms. The summed E-state index contributed by atoms with van der Waals surface area (Å²) < 4.78 is 1.41. The number of aryl methyl sites for hydroxylation is 1. The van der Waals surface area contributed by atoms with Crippen LogP contribution < -0.4 is 10.9 Å². The highest BCUT2D eigenvalue weighted by molar-refractivity contribution is 6.06. The summed E-state index contributed by atoms with van der Waals surface area (Å²) in [6.45, 7) is 1.25. The number of aromatic nitrogens is 3. The van der Waals surface area contributed by atoms with Crippen molar-refractivity contribution in [2.45, 2.75) is 0 Å². The summed E-state index contributed by atoms with van der Waals surface area (Å²) in [7, 11) is 5.51. The van der Waals surface area contributed by atoms with Gasteiger partial charge in [0.25, 0.3) is 11.5 Å². The highest BCUT2D eigenvalue weighted by Gasteiger charge is 2.16. The molecular weight excluding hydrogens is 306 g/mol. The second-order valence-corrected chi connectivity index (χ2v) is 5.95. The first kappa shape index (κ1) is 16.1. The Bertz CT molecular complexity index is 978. The number of likely N-dealkylation sites (N-methyl/N-ethyl adjacent to an activating group) is 1. The molecule has 7 nitrogen and oxygen atoms in total. The van der Waals surface area contributed by atoms with Crippen molar-refractivity contribution in [2.75, 3.05) is 27.2 Å². The third-order valence-corrected chi connectivity index (χ3v) is 3.81. The molecule has 124 valence electrons. The highest BCUT2D eigenvalue weighted by Crippen LogP contribution is 2.18. The predicted molar refractivity (Wildman–Crippen MR) is 93.2 cm³/mol. The lowest BCUT2D eigenvalue weighted by molar-refractivity contribution is 0.0952.